The summed E-state index contributed by atoms with van der Waals surface area (Å²) in [6, 6.07) is 16.5. The zero-order valence-electron chi connectivity index (χ0n) is 14.2. The molecule has 0 heterocycles. The Morgan fingerprint density at radius 3 is 2.50 bits per heavy atom. The minimum Gasteiger partial charge on any atom is -0.508 e. The van der Waals surface area contributed by atoms with Crippen LogP contribution in [-0.4, -0.2) is 16.8 Å². The van der Waals surface area contributed by atoms with Gasteiger partial charge in [-0.25, -0.2) is 0 Å². The Balaban J connectivity index is 2.01. The first-order chi connectivity index (χ1) is 11.8. The van der Waals surface area contributed by atoms with Gasteiger partial charge in [0.2, 0.25) is 0 Å². The minimum atomic E-state index is 0.273. The second kappa shape index (κ2) is 8.16. The van der Waals surface area contributed by atoms with Crippen molar-refractivity contribution < 1.29 is 10.2 Å². The van der Waals surface area contributed by atoms with Crippen LogP contribution in [0.15, 0.2) is 48.5 Å². The highest BCUT2D eigenvalue weighted by Gasteiger charge is 2.18. The lowest BCUT2D eigenvalue weighted by Gasteiger charge is -2.16. The molecule has 2 N–H and O–H groups in total. The van der Waals surface area contributed by atoms with Gasteiger partial charge in [0, 0.05) is 6.61 Å². The molecule has 24 heavy (non-hydrogen) atoms. The molecule has 126 valence electrons. The fourth-order valence-electron chi connectivity index (χ4n) is 3.68. The maximum atomic E-state index is 9.85. The molecule has 0 saturated heterocycles. The van der Waals surface area contributed by atoms with Crippen LogP contribution < -0.4 is 0 Å². The van der Waals surface area contributed by atoms with E-state index >= 15 is 0 Å². The summed E-state index contributed by atoms with van der Waals surface area (Å²) in [5, 5.41) is 18.9. The zero-order chi connectivity index (χ0) is 16.8. The second-order valence-electron chi connectivity index (χ2n) is 6.55. The Morgan fingerprint density at radius 1 is 0.875 bits per heavy atom. The average Bonchev–Trinajstić information content (AvgIpc) is 2.78. The molecule has 0 bridgehead atoms. The van der Waals surface area contributed by atoms with Crippen LogP contribution in [0.5, 0.6) is 5.75 Å². The van der Waals surface area contributed by atoms with Gasteiger partial charge in [-0.3, -0.25) is 0 Å². The highest BCUT2D eigenvalue weighted by atomic mass is 16.3. The number of hydrogen-bond donors (Lipinski definition) is 2. The van der Waals surface area contributed by atoms with Crippen molar-refractivity contribution >= 4 is 11.1 Å². The first-order valence-corrected chi connectivity index (χ1v) is 9.00. The summed E-state index contributed by atoms with van der Waals surface area (Å²) >= 11 is 0. The molecule has 1 aliphatic rings. The predicted octanol–water partition coefficient (Wildman–Crippen LogP) is 5.19. The maximum Gasteiger partial charge on any atom is 0.115 e. The summed E-state index contributed by atoms with van der Waals surface area (Å²) in [5.74, 6) is 0.358. The van der Waals surface area contributed by atoms with Crippen molar-refractivity contribution in [3.63, 3.8) is 0 Å². The lowest BCUT2D eigenvalue weighted by molar-refractivity contribution is 0.283. The Morgan fingerprint density at radius 2 is 1.71 bits per heavy atom. The number of aliphatic hydroxyl groups excluding tert-OH is 1. The van der Waals surface area contributed by atoms with Crippen molar-refractivity contribution in [3.8, 4) is 5.75 Å². The maximum absolute atomic E-state index is 9.85. The van der Waals surface area contributed by atoms with E-state index in [1.54, 1.807) is 6.07 Å². The van der Waals surface area contributed by atoms with Crippen LogP contribution in [-0.2, 0) is 6.42 Å². The number of hydrogen-bond acceptors (Lipinski definition) is 2. The third-order valence-electron chi connectivity index (χ3n) is 4.86. The molecule has 0 aromatic heterocycles. The number of phenols is 1. The van der Waals surface area contributed by atoms with Crippen LogP contribution in [0.25, 0.3) is 11.1 Å². The molecule has 2 aromatic rings. The van der Waals surface area contributed by atoms with Gasteiger partial charge in [0.25, 0.3) is 0 Å². The highest BCUT2D eigenvalue weighted by molar-refractivity contribution is 5.92. The van der Waals surface area contributed by atoms with Crippen molar-refractivity contribution in [2.24, 2.45) is 0 Å². The molecule has 0 spiro atoms. The van der Waals surface area contributed by atoms with Crippen LogP contribution in [0.3, 0.4) is 0 Å². The fourth-order valence-corrected chi connectivity index (χ4v) is 3.68. The number of aromatic hydroxyl groups is 1. The second-order valence-corrected chi connectivity index (χ2v) is 6.55. The van der Waals surface area contributed by atoms with E-state index in [0.29, 0.717) is 5.75 Å². The van der Waals surface area contributed by atoms with Crippen molar-refractivity contribution in [3.05, 3.63) is 65.2 Å². The Hall–Kier alpha value is -2.06. The number of allylic oxidation sites excluding steroid dienone is 2. The van der Waals surface area contributed by atoms with Crippen LogP contribution in [0.4, 0.5) is 0 Å². The molecule has 0 amide bonds. The molecule has 0 unspecified atom stereocenters. The monoisotopic (exact) mass is 322 g/mol. The summed E-state index contributed by atoms with van der Waals surface area (Å²) in [7, 11) is 0. The topological polar surface area (TPSA) is 40.5 Å². The molecular formula is C22H26O2. The zero-order valence-corrected chi connectivity index (χ0v) is 14.2. The molecule has 3 rings (SSSR count). The first kappa shape index (κ1) is 16.8. The summed E-state index contributed by atoms with van der Waals surface area (Å²) < 4.78 is 0. The van der Waals surface area contributed by atoms with E-state index in [9.17, 15) is 5.11 Å². The number of phenolic OH excluding ortho intramolecular Hbond substituents is 1. The van der Waals surface area contributed by atoms with Gasteiger partial charge in [-0.1, -0.05) is 42.8 Å². The molecule has 2 nitrogen and oxygen atoms in total. The molecule has 1 aliphatic carbocycles. The number of aryl methyl sites for hydroxylation is 1. The van der Waals surface area contributed by atoms with Crippen LogP contribution in [0.2, 0.25) is 0 Å². The summed E-state index contributed by atoms with van der Waals surface area (Å²) in [6.45, 7) is 0.273. The number of rotatable bonds is 6. The van der Waals surface area contributed by atoms with Crippen molar-refractivity contribution in [2.75, 3.05) is 6.61 Å². The van der Waals surface area contributed by atoms with Gasteiger partial charge in [0.1, 0.15) is 5.75 Å². The molecule has 2 aromatic carbocycles. The quantitative estimate of drug-likeness (QED) is 0.718. The van der Waals surface area contributed by atoms with E-state index in [-0.39, 0.29) is 6.61 Å². The van der Waals surface area contributed by atoms with Gasteiger partial charge in [-0.05, 0) is 78.5 Å². The van der Waals surface area contributed by atoms with E-state index in [2.05, 4.69) is 36.4 Å². The predicted molar refractivity (Wildman–Crippen MR) is 99.9 cm³/mol. The summed E-state index contributed by atoms with van der Waals surface area (Å²) in [6.07, 6.45) is 7.25. The van der Waals surface area contributed by atoms with E-state index in [0.717, 1.165) is 44.9 Å². The lowest BCUT2D eigenvalue weighted by Crippen LogP contribution is -1.95. The molecule has 0 fully saturated rings. The van der Waals surface area contributed by atoms with Gasteiger partial charge >= 0.3 is 0 Å². The molecule has 0 atom stereocenters. The number of aliphatic hydroxyl groups is 1. The number of unbranched alkanes of at least 4 members (excludes halogenated alkanes) is 2. The Kier molecular flexibility index (Phi) is 5.71. The van der Waals surface area contributed by atoms with Crippen LogP contribution in [0, 0.1) is 0 Å². The van der Waals surface area contributed by atoms with Gasteiger partial charge in [-0.15, -0.1) is 0 Å². The van der Waals surface area contributed by atoms with Crippen LogP contribution >= 0.6 is 0 Å². The summed E-state index contributed by atoms with van der Waals surface area (Å²) in [5.41, 5.74) is 6.75. The SMILES string of the molecule is OCCCCCC1=C(c2ccccc2)CCCc2cc(O)ccc21. The van der Waals surface area contributed by atoms with Crippen molar-refractivity contribution in [2.45, 2.75) is 44.9 Å². The number of benzene rings is 2. The van der Waals surface area contributed by atoms with Gasteiger partial charge < -0.3 is 10.2 Å². The van der Waals surface area contributed by atoms with E-state index in [1.165, 1.54) is 27.8 Å². The van der Waals surface area contributed by atoms with E-state index < -0.39 is 0 Å². The Bertz CT molecular complexity index is 701. The molecule has 2 heteroatoms. The average molecular weight is 322 g/mol. The first-order valence-electron chi connectivity index (χ1n) is 9.00. The van der Waals surface area contributed by atoms with Gasteiger partial charge in [0.15, 0.2) is 0 Å². The fraction of sp³-hybridized carbons (Fsp3) is 0.364. The molecule has 0 aliphatic heterocycles. The van der Waals surface area contributed by atoms with Gasteiger partial charge in [0.05, 0.1) is 0 Å². The third-order valence-corrected chi connectivity index (χ3v) is 4.86. The van der Waals surface area contributed by atoms with E-state index in [4.69, 9.17) is 5.11 Å². The molecular weight excluding hydrogens is 296 g/mol. The van der Waals surface area contributed by atoms with Gasteiger partial charge in [-0.2, -0.15) is 0 Å². The largest absolute Gasteiger partial charge is 0.508 e. The standard InChI is InChI=1S/C22H26O2/c23-15-6-2-5-11-22-20(17-8-3-1-4-9-17)12-7-10-18-16-19(24)13-14-21(18)22/h1,3-4,8-9,13-14,16,23-24H,2,5-7,10-12,15H2. The van der Waals surface area contributed by atoms with Crippen LogP contribution in [0.1, 0.15) is 55.2 Å². The minimum absolute atomic E-state index is 0.273. The third kappa shape index (κ3) is 3.88. The van der Waals surface area contributed by atoms with E-state index in [1.807, 2.05) is 6.07 Å². The lowest BCUT2D eigenvalue weighted by atomic mass is 9.89. The molecule has 0 radical (unpaired) electrons. The normalized spacial score (nSPS) is 14.4. The van der Waals surface area contributed by atoms with Crippen molar-refractivity contribution in [1.82, 2.24) is 0 Å². The highest BCUT2D eigenvalue weighted by Crippen LogP contribution is 2.39. The molecule has 0 saturated carbocycles. The summed E-state index contributed by atoms with van der Waals surface area (Å²) in [4.78, 5) is 0. The number of fused-ring (bicyclic) bond motifs is 1. The Labute approximate surface area is 144 Å². The van der Waals surface area contributed by atoms with Crippen molar-refractivity contribution in [1.29, 1.82) is 0 Å². The smallest absolute Gasteiger partial charge is 0.115 e.